The summed E-state index contributed by atoms with van der Waals surface area (Å²) in [6.07, 6.45) is 2.42. The Balaban J connectivity index is 2.23. The van der Waals surface area contributed by atoms with E-state index in [1.54, 1.807) is 0 Å². The number of halogens is 1. The van der Waals surface area contributed by atoms with Crippen LogP contribution in [0.1, 0.15) is 18.4 Å². The molecular formula is C14H18BrN3. The van der Waals surface area contributed by atoms with Crippen LogP contribution in [0, 0.1) is 11.3 Å². The van der Waals surface area contributed by atoms with Gasteiger partial charge in [0, 0.05) is 23.6 Å². The van der Waals surface area contributed by atoms with E-state index in [4.69, 9.17) is 0 Å². The second-order valence-electron chi connectivity index (χ2n) is 4.98. The SMILES string of the molecule is CN(C)C1CCCN(c2ccc(Br)cc2C#N)C1. The van der Waals surface area contributed by atoms with Crippen LogP contribution >= 0.6 is 15.9 Å². The summed E-state index contributed by atoms with van der Waals surface area (Å²) in [4.78, 5) is 4.61. The van der Waals surface area contributed by atoms with Gasteiger partial charge < -0.3 is 9.80 Å². The highest BCUT2D eigenvalue weighted by Crippen LogP contribution is 2.27. The summed E-state index contributed by atoms with van der Waals surface area (Å²) in [6, 6.07) is 8.82. The summed E-state index contributed by atoms with van der Waals surface area (Å²) >= 11 is 3.42. The summed E-state index contributed by atoms with van der Waals surface area (Å²) < 4.78 is 0.962. The zero-order valence-corrected chi connectivity index (χ0v) is 12.4. The molecule has 1 aliphatic heterocycles. The van der Waals surface area contributed by atoms with Gasteiger partial charge in [0.2, 0.25) is 0 Å². The summed E-state index contributed by atoms with van der Waals surface area (Å²) in [5.41, 5.74) is 1.82. The van der Waals surface area contributed by atoms with E-state index >= 15 is 0 Å². The number of benzene rings is 1. The van der Waals surface area contributed by atoms with Gasteiger partial charge in [-0.2, -0.15) is 5.26 Å². The number of piperidine rings is 1. The van der Waals surface area contributed by atoms with Gasteiger partial charge >= 0.3 is 0 Å². The first kappa shape index (κ1) is 13.4. The molecule has 1 unspecified atom stereocenters. The summed E-state index contributed by atoms with van der Waals surface area (Å²) in [6.45, 7) is 2.05. The first-order valence-corrected chi connectivity index (χ1v) is 7.02. The Morgan fingerprint density at radius 2 is 2.22 bits per heavy atom. The van der Waals surface area contributed by atoms with Crippen molar-refractivity contribution >= 4 is 21.6 Å². The zero-order valence-electron chi connectivity index (χ0n) is 10.9. The predicted molar refractivity (Wildman–Crippen MR) is 77.8 cm³/mol. The molecule has 0 bridgehead atoms. The van der Waals surface area contributed by atoms with Crippen LogP contribution in [-0.2, 0) is 0 Å². The van der Waals surface area contributed by atoms with Gasteiger partial charge in [-0.3, -0.25) is 0 Å². The Hall–Kier alpha value is -1.05. The molecule has 2 rings (SSSR count). The molecule has 18 heavy (non-hydrogen) atoms. The van der Waals surface area contributed by atoms with Crippen LogP contribution in [0.15, 0.2) is 22.7 Å². The molecular weight excluding hydrogens is 290 g/mol. The molecule has 0 amide bonds. The van der Waals surface area contributed by atoms with Gasteiger partial charge in [-0.05, 0) is 45.1 Å². The first-order chi connectivity index (χ1) is 8.61. The van der Waals surface area contributed by atoms with Crippen LogP contribution in [0.5, 0.6) is 0 Å². The number of hydrogen-bond acceptors (Lipinski definition) is 3. The summed E-state index contributed by atoms with van der Waals surface area (Å²) in [7, 11) is 4.25. The molecule has 0 aliphatic carbocycles. The number of hydrogen-bond donors (Lipinski definition) is 0. The molecule has 1 atom stereocenters. The lowest BCUT2D eigenvalue weighted by Crippen LogP contribution is -2.45. The Bertz CT molecular complexity index is 465. The molecule has 1 saturated heterocycles. The Morgan fingerprint density at radius 3 is 2.89 bits per heavy atom. The molecule has 1 aromatic carbocycles. The van der Waals surface area contributed by atoms with Crippen LogP contribution in [0.25, 0.3) is 0 Å². The van der Waals surface area contributed by atoms with E-state index in [-0.39, 0.29) is 0 Å². The highest BCUT2D eigenvalue weighted by molar-refractivity contribution is 9.10. The number of likely N-dealkylation sites (N-methyl/N-ethyl adjacent to an activating group) is 1. The van der Waals surface area contributed by atoms with E-state index in [1.165, 1.54) is 12.8 Å². The summed E-state index contributed by atoms with van der Waals surface area (Å²) in [5.74, 6) is 0. The van der Waals surface area contributed by atoms with Crippen LogP contribution in [0.3, 0.4) is 0 Å². The molecule has 1 heterocycles. The number of anilines is 1. The fourth-order valence-electron chi connectivity index (χ4n) is 2.47. The van der Waals surface area contributed by atoms with Crippen LogP contribution in [-0.4, -0.2) is 38.1 Å². The fourth-order valence-corrected chi connectivity index (χ4v) is 2.83. The van der Waals surface area contributed by atoms with E-state index in [0.717, 1.165) is 28.8 Å². The molecule has 0 N–H and O–H groups in total. The largest absolute Gasteiger partial charge is 0.369 e. The van der Waals surface area contributed by atoms with Crippen molar-refractivity contribution in [1.82, 2.24) is 4.90 Å². The van der Waals surface area contributed by atoms with Crippen molar-refractivity contribution in [3.63, 3.8) is 0 Å². The standard InChI is InChI=1S/C14H18BrN3/c1-17(2)13-4-3-7-18(10-13)14-6-5-12(15)8-11(14)9-16/h5-6,8,13H,3-4,7,10H2,1-2H3. The molecule has 4 heteroatoms. The molecule has 1 aliphatic rings. The second kappa shape index (κ2) is 5.73. The minimum atomic E-state index is 0.578. The molecule has 0 radical (unpaired) electrons. The normalized spacial score (nSPS) is 19.9. The maximum absolute atomic E-state index is 9.24. The maximum atomic E-state index is 9.24. The van der Waals surface area contributed by atoms with Gasteiger partial charge in [-0.15, -0.1) is 0 Å². The van der Waals surface area contributed by atoms with Crippen LogP contribution in [0.4, 0.5) is 5.69 Å². The van der Waals surface area contributed by atoms with Gasteiger partial charge in [0.1, 0.15) is 6.07 Å². The number of rotatable bonds is 2. The third-order valence-corrected chi connectivity index (χ3v) is 4.04. The lowest BCUT2D eigenvalue weighted by atomic mass is 10.0. The lowest BCUT2D eigenvalue weighted by molar-refractivity contribution is 0.258. The van der Waals surface area contributed by atoms with Crippen molar-refractivity contribution in [1.29, 1.82) is 5.26 Å². The van der Waals surface area contributed by atoms with Gasteiger partial charge in [-0.25, -0.2) is 0 Å². The van der Waals surface area contributed by atoms with Crippen molar-refractivity contribution in [2.45, 2.75) is 18.9 Å². The third kappa shape index (κ3) is 2.85. The summed E-state index contributed by atoms with van der Waals surface area (Å²) in [5, 5.41) is 9.24. The highest BCUT2D eigenvalue weighted by Gasteiger charge is 2.23. The highest BCUT2D eigenvalue weighted by atomic mass is 79.9. The number of nitriles is 1. The van der Waals surface area contributed by atoms with E-state index in [1.807, 2.05) is 18.2 Å². The average Bonchev–Trinajstić information content (AvgIpc) is 2.38. The topological polar surface area (TPSA) is 30.3 Å². The van der Waals surface area contributed by atoms with Crippen molar-refractivity contribution in [3.8, 4) is 6.07 Å². The average molecular weight is 308 g/mol. The van der Waals surface area contributed by atoms with E-state index in [0.29, 0.717) is 6.04 Å². The quantitative estimate of drug-likeness (QED) is 0.841. The first-order valence-electron chi connectivity index (χ1n) is 6.23. The lowest BCUT2D eigenvalue weighted by Gasteiger charge is -2.37. The van der Waals surface area contributed by atoms with Gasteiger partial charge in [0.05, 0.1) is 11.3 Å². The molecule has 96 valence electrons. The Morgan fingerprint density at radius 1 is 1.44 bits per heavy atom. The monoisotopic (exact) mass is 307 g/mol. The fraction of sp³-hybridized carbons (Fsp3) is 0.500. The minimum Gasteiger partial charge on any atom is -0.369 e. The van der Waals surface area contributed by atoms with Crippen LogP contribution in [0.2, 0.25) is 0 Å². The van der Waals surface area contributed by atoms with Gasteiger partial charge in [-0.1, -0.05) is 15.9 Å². The van der Waals surface area contributed by atoms with Crippen molar-refractivity contribution < 1.29 is 0 Å². The smallest absolute Gasteiger partial charge is 0.101 e. The molecule has 1 fully saturated rings. The zero-order chi connectivity index (χ0) is 13.1. The predicted octanol–water partition coefficient (Wildman–Crippen LogP) is 2.85. The molecule has 3 nitrogen and oxygen atoms in total. The van der Waals surface area contributed by atoms with E-state index in [2.05, 4.69) is 45.9 Å². The van der Waals surface area contributed by atoms with Crippen molar-refractivity contribution in [3.05, 3.63) is 28.2 Å². The van der Waals surface area contributed by atoms with E-state index < -0.39 is 0 Å². The third-order valence-electron chi connectivity index (χ3n) is 3.55. The van der Waals surface area contributed by atoms with Crippen molar-refractivity contribution in [2.24, 2.45) is 0 Å². The Kier molecular flexibility index (Phi) is 4.26. The molecule has 0 saturated carbocycles. The van der Waals surface area contributed by atoms with Crippen LogP contribution < -0.4 is 4.90 Å². The number of nitrogens with zero attached hydrogens (tertiary/aromatic N) is 3. The van der Waals surface area contributed by atoms with Gasteiger partial charge in [0.25, 0.3) is 0 Å². The molecule has 1 aromatic rings. The minimum absolute atomic E-state index is 0.578. The van der Waals surface area contributed by atoms with E-state index in [9.17, 15) is 5.26 Å². The maximum Gasteiger partial charge on any atom is 0.101 e. The molecule has 0 spiro atoms. The van der Waals surface area contributed by atoms with Gasteiger partial charge in [0.15, 0.2) is 0 Å². The molecule has 0 aromatic heterocycles. The Labute approximate surface area is 117 Å². The second-order valence-corrected chi connectivity index (χ2v) is 5.89. The van der Waals surface area contributed by atoms with Crippen molar-refractivity contribution in [2.75, 3.05) is 32.1 Å².